The summed E-state index contributed by atoms with van der Waals surface area (Å²) in [6.07, 6.45) is 1.85. The quantitative estimate of drug-likeness (QED) is 0.350. The fraction of sp³-hybridized carbons (Fsp3) is 0.312. The molecule has 1 aromatic rings. The molecule has 7 nitrogen and oxygen atoms in total. The number of hydrogen-bond acceptors (Lipinski definition) is 6. The summed E-state index contributed by atoms with van der Waals surface area (Å²) < 4.78 is 0.200. The van der Waals surface area contributed by atoms with Gasteiger partial charge in [0.25, 0.3) is 11.6 Å². The van der Waals surface area contributed by atoms with Gasteiger partial charge in [-0.2, -0.15) is 0 Å². The van der Waals surface area contributed by atoms with Gasteiger partial charge in [0.2, 0.25) is 0 Å². The van der Waals surface area contributed by atoms with E-state index in [2.05, 4.69) is 0 Å². The van der Waals surface area contributed by atoms with Crippen molar-refractivity contribution in [2.24, 2.45) is 5.92 Å². The zero-order valence-corrected chi connectivity index (χ0v) is 15.2. The van der Waals surface area contributed by atoms with Crippen molar-refractivity contribution in [1.82, 2.24) is 4.90 Å². The predicted octanol–water partition coefficient (Wildman–Crippen LogP) is 3.30. The third kappa shape index (κ3) is 4.43. The second-order valence-electron chi connectivity index (χ2n) is 5.88. The van der Waals surface area contributed by atoms with E-state index in [1.54, 1.807) is 6.08 Å². The lowest BCUT2D eigenvalue weighted by atomic mass is 10.0. The first-order valence-corrected chi connectivity index (χ1v) is 8.67. The highest BCUT2D eigenvalue weighted by Gasteiger charge is 2.40. The normalized spacial score (nSPS) is 17.4. The maximum Gasteiger partial charge on any atom is 0.326 e. The topological polar surface area (TPSA) is 101 Å². The number of non-ortho nitro benzene ring substituents is 1. The highest BCUT2D eigenvalue weighted by atomic mass is 32.2. The molecular weight excluding hydrogens is 364 g/mol. The van der Waals surface area contributed by atoms with Crippen molar-refractivity contribution in [3.63, 3.8) is 0 Å². The molecule has 0 radical (unpaired) electrons. The number of nitro benzene ring substituents is 1. The number of amides is 1. The van der Waals surface area contributed by atoms with Crippen molar-refractivity contribution in [2.75, 3.05) is 0 Å². The highest BCUT2D eigenvalue weighted by molar-refractivity contribution is 8.26. The van der Waals surface area contributed by atoms with E-state index >= 15 is 0 Å². The summed E-state index contributed by atoms with van der Waals surface area (Å²) in [5.74, 6) is -1.47. The molecule has 0 aromatic heterocycles. The van der Waals surface area contributed by atoms with E-state index in [4.69, 9.17) is 12.2 Å². The number of nitro groups is 1. The minimum atomic E-state index is -1.10. The highest BCUT2D eigenvalue weighted by Crippen LogP contribution is 2.35. The minimum absolute atomic E-state index is 0.0485. The molecule has 1 fully saturated rings. The number of thioether (sulfide) groups is 1. The third-order valence-electron chi connectivity index (χ3n) is 3.52. The van der Waals surface area contributed by atoms with Crippen molar-refractivity contribution in [3.8, 4) is 0 Å². The first-order chi connectivity index (χ1) is 11.7. The van der Waals surface area contributed by atoms with Crippen LogP contribution in [0, 0.1) is 16.0 Å². The Morgan fingerprint density at radius 1 is 1.40 bits per heavy atom. The Labute approximate surface area is 153 Å². The van der Waals surface area contributed by atoms with Crippen LogP contribution < -0.4 is 0 Å². The van der Waals surface area contributed by atoms with E-state index < -0.39 is 22.8 Å². The molecule has 2 rings (SSSR count). The minimum Gasteiger partial charge on any atom is -0.480 e. The van der Waals surface area contributed by atoms with Gasteiger partial charge in [-0.3, -0.25) is 19.8 Å². The first kappa shape index (κ1) is 19.1. The predicted molar refractivity (Wildman–Crippen MR) is 99.0 cm³/mol. The molecule has 1 amide bonds. The van der Waals surface area contributed by atoms with Gasteiger partial charge in [0.15, 0.2) is 0 Å². The van der Waals surface area contributed by atoms with Gasteiger partial charge in [-0.15, -0.1) is 0 Å². The Morgan fingerprint density at radius 3 is 2.48 bits per heavy atom. The maximum absolute atomic E-state index is 12.6. The fourth-order valence-electron chi connectivity index (χ4n) is 2.36. The molecule has 1 saturated heterocycles. The van der Waals surface area contributed by atoms with Crippen LogP contribution in [-0.2, 0) is 9.59 Å². The molecule has 1 atom stereocenters. The van der Waals surface area contributed by atoms with Crippen LogP contribution in [0.15, 0.2) is 29.2 Å². The summed E-state index contributed by atoms with van der Waals surface area (Å²) in [4.78, 5) is 35.7. The molecule has 25 heavy (non-hydrogen) atoms. The average Bonchev–Trinajstić information content (AvgIpc) is 2.79. The SMILES string of the molecule is CC(C)C[C@H](C(=O)O)N1C(=O)/C(=C/c2ccc([N+](=O)[O-])cc2)SC1=S. The van der Waals surface area contributed by atoms with Crippen LogP contribution in [0.2, 0.25) is 0 Å². The summed E-state index contributed by atoms with van der Waals surface area (Å²) >= 11 is 6.22. The van der Waals surface area contributed by atoms with E-state index in [1.807, 2.05) is 13.8 Å². The lowest BCUT2D eigenvalue weighted by molar-refractivity contribution is -0.384. The van der Waals surface area contributed by atoms with Crippen molar-refractivity contribution < 1.29 is 19.6 Å². The van der Waals surface area contributed by atoms with Crippen molar-refractivity contribution in [1.29, 1.82) is 0 Å². The zero-order valence-electron chi connectivity index (χ0n) is 13.5. The number of nitrogens with zero attached hydrogens (tertiary/aromatic N) is 2. The molecule has 0 saturated carbocycles. The van der Waals surface area contributed by atoms with Crippen molar-refractivity contribution in [2.45, 2.75) is 26.3 Å². The van der Waals surface area contributed by atoms with Crippen molar-refractivity contribution in [3.05, 3.63) is 44.8 Å². The summed E-state index contributed by atoms with van der Waals surface area (Å²) in [5, 5.41) is 20.1. The molecule has 1 aliphatic heterocycles. The molecule has 0 spiro atoms. The number of carbonyl (C=O) groups is 2. The van der Waals surface area contributed by atoms with Crippen molar-refractivity contribution >= 4 is 51.9 Å². The lowest BCUT2D eigenvalue weighted by Crippen LogP contribution is -2.44. The zero-order chi connectivity index (χ0) is 18.7. The molecule has 0 bridgehead atoms. The standard InChI is InChI=1S/C16H16N2O5S2/c1-9(2)7-12(15(20)21)17-14(19)13(25-16(17)24)8-10-3-5-11(6-4-10)18(22)23/h3-6,8-9,12H,7H2,1-2H3,(H,20,21)/b13-8-/t12-/m1/s1. The van der Waals surface area contributed by atoms with Gasteiger partial charge in [-0.25, -0.2) is 4.79 Å². The summed E-state index contributed by atoms with van der Waals surface area (Å²) in [6.45, 7) is 3.75. The van der Waals surface area contributed by atoms with E-state index in [1.165, 1.54) is 24.3 Å². The number of rotatable bonds is 6. The Bertz CT molecular complexity index is 758. The molecule has 1 N–H and O–H groups in total. The smallest absolute Gasteiger partial charge is 0.326 e. The Hall–Kier alpha value is -2.26. The fourth-order valence-corrected chi connectivity index (χ4v) is 3.71. The van der Waals surface area contributed by atoms with Gasteiger partial charge in [-0.05, 0) is 36.1 Å². The van der Waals surface area contributed by atoms with Crippen LogP contribution in [0.25, 0.3) is 6.08 Å². The van der Waals surface area contributed by atoms with Gasteiger partial charge >= 0.3 is 5.97 Å². The van der Waals surface area contributed by atoms with E-state index in [-0.39, 0.29) is 15.9 Å². The monoisotopic (exact) mass is 380 g/mol. The van der Waals surface area contributed by atoms with E-state index in [0.29, 0.717) is 16.9 Å². The number of carboxylic acid groups (broad SMARTS) is 1. The van der Waals surface area contributed by atoms with E-state index in [9.17, 15) is 24.8 Å². The molecule has 0 aliphatic carbocycles. The Kier molecular flexibility index (Phi) is 5.91. The van der Waals surface area contributed by atoms with Crippen LogP contribution >= 0.6 is 24.0 Å². The summed E-state index contributed by atoms with van der Waals surface area (Å²) in [6, 6.07) is 4.72. The molecule has 1 heterocycles. The number of thiocarbonyl (C=S) groups is 1. The van der Waals surface area contributed by atoms with Crippen LogP contribution in [0.4, 0.5) is 5.69 Å². The summed E-state index contributed by atoms with van der Waals surface area (Å²) in [5.41, 5.74) is 0.550. The van der Waals surface area contributed by atoms with E-state index in [0.717, 1.165) is 16.7 Å². The molecule has 1 aromatic carbocycles. The molecule has 0 unspecified atom stereocenters. The number of carbonyl (C=O) groups excluding carboxylic acids is 1. The first-order valence-electron chi connectivity index (χ1n) is 7.45. The molecule has 1 aliphatic rings. The van der Waals surface area contributed by atoms with Crippen LogP contribution in [0.5, 0.6) is 0 Å². The van der Waals surface area contributed by atoms with Crippen LogP contribution in [-0.4, -0.2) is 37.2 Å². The second kappa shape index (κ2) is 7.75. The average molecular weight is 380 g/mol. The number of benzene rings is 1. The number of aliphatic carboxylic acids is 1. The third-order valence-corrected chi connectivity index (χ3v) is 4.85. The number of hydrogen-bond donors (Lipinski definition) is 1. The van der Waals surface area contributed by atoms with Crippen LogP contribution in [0.1, 0.15) is 25.8 Å². The second-order valence-corrected chi connectivity index (χ2v) is 7.56. The molecule has 132 valence electrons. The summed E-state index contributed by atoms with van der Waals surface area (Å²) in [7, 11) is 0. The molecular formula is C16H16N2O5S2. The molecule has 9 heteroatoms. The van der Waals surface area contributed by atoms with Gasteiger partial charge < -0.3 is 5.11 Å². The lowest BCUT2D eigenvalue weighted by Gasteiger charge is -2.24. The maximum atomic E-state index is 12.6. The van der Waals surface area contributed by atoms with Gasteiger partial charge in [-0.1, -0.05) is 37.8 Å². The van der Waals surface area contributed by atoms with Gasteiger partial charge in [0.1, 0.15) is 10.4 Å². The van der Waals surface area contributed by atoms with Gasteiger partial charge in [0.05, 0.1) is 9.83 Å². The van der Waals surface area contributed by atoms with Crippen LogP contribution in [0.3, 0.4) is 0 Å². The Balaban J connectivity index is 2.27. The number of carboxylic acids is 1. The largest absolute Gasteiger partial charge is 0.480 e. The Morgan fingerprint density at radius 2 is 2.00 bits per heavy atom. The van der Waals surface area contributed by atoms with Gasteiger partial charge in [0, 0.05) is 12.1 Å².